The van der Waals surface area contributed by atoms with E-state index in [2.05, 4.69) is 19.6 Å². The molecule has 1 atom stereocenters. The molecule has 1 aliphatic heterocycles. The summed E-state index contributed by atoms with van der Waals surface area (Å²) >= 11 is 0. The van der Waals surface area contributed by atoms with Crippen molar-refractivity contribution in [3.63, 3.8) is 0 Å². The highest BCUT2D eigenvalue weighted by atomic mass is 19.4. The van der Waals surface area contributed by atoms with Gasteiger partial charge in [0.25, 0.3) is 5.91 Å². The van der Waals surface area contributed by atoms with Gasteiger partial charge in [0.05, 0.1) is 6.54 Å². The third-order valence-electron chi connectivity index (χ3n) is 4.38. The fourth-order valence-electron chi connectivity index (χ4n) is 3.02. The van der Waals surface area contributed by atoms with E-state index in [0.717, 1.165) is 0 Å². The van der Waals surface area contributed by atoms with Gasteiger partial charge in [-0.25, -0.2) is 0 Å². The Balaban J connectivity index is 1.42. The highest BCUT2D eigenvalue weighted by Gasteiger charge is 2.38. The number of carbonyl (C=O) groups excluding carboxylic acids is 1. The molecule has 1 saturated heterocycles. The zero-order valence-electron chi connectivity index (χ0n) is 15.0. The Morgan fingerprint density at radius 2 is 2.07 bits per heavy atom. The lowest BCUT2D eigenvalue weighted by Crippen LogP contribution is -2.31. The van der Waals surface area contributed by atoms with Gasteiger partial charge in [0, 0.05) is 24.7 Å². The SMILES string of the molecule is O=C(c1ccccn1)N1CCC(Oc2cccc(-c3noc(C(F)(F)F)n3)c2)C1. The highest BCUT2D eigenvalue weighted by Crippen LogP contribution is 2.30. The molecule has 0 bridgehead atoms. The lowest BCUT2D eigenvalue weighted by atomic mass is 10.2. The van der Waals surface area contributed by atoms with Crippen LogP contribution < -0.4 is 4.74 Å². The average molecular weight is 404 g/mol. The third-order valence-corrected chi connectivity index (χ3v) is 4.38. The second kappa shape index (κ2) is 7.53. The molecule has 7 nitrogen and oxygen atoms in total. The van der Waals surface area contributed by atoms with Gasteiger partial charge in [0.15, 0.2) is 0 Å². The van der Waals surface area contributed by atoms with Crippen LogP contribution in [0.2, 0.25) is 0 Å². The molecule has 2 aromatic heterocycles. The molecule has 1 aromatic carbocycles. The number of benzene rings is 1. The molecule has 3 heterocycles. The van der Waals surface area contributed by atoms with Crippen molar-refractivity contribution in [2.45, 2.75) is 18.7 Å². The first-order valence-corrected chi connectivity index (χ1v) is 8.78. The van der Waals surface area contributed by atoms with Crippen LogP contribution in [-0.2, 0) is 6.18 Å². The highest BCUT2D eigenvalue weighted by molar-refractivity contribution is 5.92. The topological polar surface area (TPSA) is 81.4 Å². The zero-order chi connectivity index (χ0) is 20.4. The van der Waals surface area contributed by atoms with Crippen LogP contribution in [0, 0.1) is 0 Å². The largest absolute Gasteiger partial charge is 0.488 e. The summed E-state index contributed by atoms with van der Waals surface area (Å²) in [5, 5.41) is 3.37. The summed E-state index contributed by atoms with van der Waals surface area (Å²) in [6, 6.07) is 11.5. The Hall–Kier alpha value is -3.43. The Morgan fingerprint density at radius 1 is 1.21 bits per heavy atom. The number of amides is 1. The molecule has 10 heteroatoms. The fraction of sp³-hybridized carbons (Fsp3) is 0.263. The van der Waals surface area contributed by atoms with Crippen LogP contribution in [0.25, 0.3) is 11.4 Å². The van der Waals surface area contributed by atoms with Gasteiger partial charge in [-0.15, -0.1) is 0 Å². The molecule has 1 aliphatic rings. The molecule has 4 rings (SSSR count). The normalized spacial score (nSPS) is 16.8. The van der Waals surface area contributed by atoms with E-state index < -0.39 is 12.1 Å². The molecule has 1 fully saturated rings. The number of halogens is 3. The van der Waals surface area contributed by atoms with Gasteiger partial charge in [-0.3, -0.25) is 9.78 Å². The van der Waals surface area contributed by atoms with Crippen molar-refractivity contribution in [3.05, 3.63) is 60.2 Å². The van der Waals surface area contributed by atoms with E-state index in [-0.39, 0.29) is 17.8 Å². The monoisotopic (exact) mass is 404 g/mol. The first kappa shape index (κ1) is 18.9. The number of pyridine rings is 1. The lowest BCUT2D eigenvalue weighted by Gasteiger charge is -2.17. The number of rotatable bonds is 4. The van der Waals surface area contributed by atoms with Crippen LogP contribution in [0.1, 0.15) is 22.8 Å². The molecule has 0 saturated carbocycles. The van der Waals surface area contributed by atoms with E-state index in [9.17, 15) is 18.0 Å². The number of alkyl halides is 3. The Kier molecular flexibility index (Phi) is 4.91. The Bertz CT molecular complexity index is 1010. The number of ether oxygens (including phenoxy) is 1. The molecule has 1 unspecified atom stereocenters. The number of carbonyl (C=O) groups is 1. The van der Waals surface area contributed by atoms with Gasteiger partial charge < -0.3 is 14.2 Å². The molecular weight excluding hydrogens is 389 g/mol. The van der Waals surface area contributed by atoms with Crippen molar-refractivity contribution >= 4 is 5.91 Å². The maximum Gasteiger partial charge on any atom is 0.471 e. The summed E-state index contributed by atoms with van der Waals surface area (Å²) in [7, 11) is 0. The maximum absolute atomic E-state index is 12.6. The van der Waals surface area contributed by atoms with Crippen LogP contribution in [0.5, 0.6) is 5.75 Å². The first-order valence-electron chi connectivity index (χ1n) is 8.78. The molecule has 3 aromatic rings. The predicted octanol–water partition coefficient (Wildman–Crippen LogP) is 3.44. The molecular formula is C19H15F3N4O3. The summed E-state index contributed by atoms with van der Waals surface area (Å²) in [4.78, 5) is 21.6. The quantitative estimate of drug-likeness (QED) is 0.663. The molecule has 29 heavy (non-hydrogen) atoms. The number of aromatic nitrogens is 3. The summed E-state index contributed by atoms with van der Waals surface area (Å²) < 4.78 is 48.1. The van der Waals surface area contributed by atoms with Crippen LogP contribution in [-0.4, -0.2) is 45.1 Å². The molecule has 0 aliphatic carbocycles. The number of hydrogen-bond donors (Lipinski definition) is 0. The number of likely N-dealkylation sites (tertiary alicyclic amines) is 1. The van der Waals surface area contributed by atoms with Crippen LogP contribution in [0.3, 0.4) is 0 Å². The van der Waals surface area contributed by atoms with Gasteiger partial charge in [-0.05, 0) is 24.3 Å². The van der Waals surface area contributed by atoms with Crippen LogP contribution in [0.15, 0.2) is 53.2 Å². The molecule has 1 amide bonds. The van der Waals surface area contributed by atoms with Gasteiger partial charge in [0.1, 0.15) is 17.5 Å². The predicted molar refractivity (Wildman–Crippen MR) is 93.9 cm³/mol. The van der Waals surface area contributed by atoms with Crippen molar-refractivity contribution < 1.29 is 27.2 Å². The van der Waals surface area contributed by atoms with Gasteiger partial charge in [-0.1, -0.05) is 23.4 Å². The summed E-state index contributed by atoms with van der Waals surface area (Å²) in [5.41, 5.74) is 0.703. The van der Waals surface area contributed by atoms with Crippen molar-refractivity contribution in [2.24, 2.45) is 0 Å². The van der Waals surface area contributed by atoms with E-state index in [4.69, 9.17) is 4.74 Å². The smallest absolute Gasteiger partial charge is 0.471 e. The van der Waals surface area contributed by atoms with E-state index in [0.29, 0.717) is 36.5 Å². The number of hydrogen-bond acceptors (Lipinski definition) is 6. The van der Waals surface area contributed by atoms with Gasteiger partial charge in [-0.2, -0.15) is 18.2 Å². The fourth-order valence-corrected chi connectivity index (χ4v) is 3.02. The first-order chi connectivity index (χ1) is 13.9. The Labute approximate surface area is 163 Å². The van der Waals surface area contributed by atoms with Crippen molar-refractivity contribution in [1.82, 2.24) is 20.0 Å². The van der Waals surface area contributed by atoms with E-state index in [1.807, 2.05) is 0 Å². The second-order valence-corrected chi connectivity index (χ2v) is 6.44. The lowest BCUT2D eigenvalue weighted by molar-refractivity contribution is -0.159. The standard InChI is InChI=1S/C19H15F3N4O3/c20-19(21,22)18-24-16(25-29-18)12-4-3-5-13(10-12)28-14-7-9-26(11-14)17(27)15-6-1-2-8-23-15/h1-6,8,10,14H,7,9,11H2. The van der Waals surface area contributed by atoms with Crippen molar-refractivity contribution in [3.8, 4) is 17.1 Å². The summed E-state index contributed by atoms with van der Waals surface area (Å²) in [5.74, 6) is -1.31. The summed E-state index contributed by atoms with van der Waals surface area (Å²) in [6.45, 7) is 0.916. The molecule has 0 spiro atoms. The third kappa shape index (κ3) is 4.20. The van der Waals surface area contributed by atoms with Crippen LogP contribution >= 0.6 is 0 Å². The molecule has 0 N–H and O–H groups in total. The summed E-state index contributed by atoms with van der Waals surface area (Å²) in [6.07, 6.45) is -2.75. The minimum absolute atomic E-state index is 0.170. The molecule has 0 radical (unpaired) electrons. The minimum atomic E-state index is -4.70. The van der Waals surface area contributed by atoms with Crippen LogP contribution in [0.4, 0.5) is 13.2 Å². The van der Waals surface area contributed by atoms with Gasteiger partial charge >= 0.3 is 12.1 Å². The van der Waals surface area contributed by atoms with E-state index in [1.165, 1.54) is 6.07 Å². The second-order valence-electron chi connectivity index (χ2n) is 6.44. The van der Waals surface area contributed by atoms with E-state index in [1.54, 1.807) is 47.5 Å². The average Bonchev–Trinajstić information content (AvgIpc) is 3.38. The zero-order valence-corrected chi connectivity index (χ0v) is 15.0. The van der Waals surface area contributed by atoms with E-state index >= 15 is 0 Å². The van der Waals surface area contributed by atoms with Crippen molar-refractivity contribution in [1.29, 1.82) is 0 Å². The van der Waals surface area contributed by atoms with Gasteiger partial charge in [0.2, 0.25) is 5.82 Å². The number of nitrogens with zero attached hydrogens (tertiary/aromatic N) is 4. The van der Waals surface area contributed by atoms with Crippen molar-refractivity contribution in [2.75, 3.05) is 13.1 Å². The Morgan fingerprint density at radius 3 is 2.79 bits per heavy atom. The maximum atomic E-state index is 12.6. The minimum Gasteiger partial charge on any atom is -0.488 e. The molecule has 150 valence electrons.